The van der Waals surface area contributed by atoms with Gasteiger partial charge in [0, 0.05) is 12.4 Å². The number of aromatic nitrogens is 1. The number of rotatable bonds is 3. The Hall–Kier alpha value is -1.03. The highest BCUT2D eigenvalue weighted by Crippen LogP contribution is 2.03. The van der Waals surface area contributed by atoms with E-state index in [0.29, 0.717) is 18.1 Å². The van der Waals surface area contributed by atoms with Gasteiger partial charge in [-0.2, -0.15) is 0 Å². The van der Waals surface area contributed by atoms with Crippen molar-refractivity contribution in [2.45, 2.75) is 6.92 Å². The van der Waals surface area contributed by atoms with Gasteiger partial charge in [-0.3, -0.25) is 4.79 Å². The molecule has 66 valence electrons. The Kier molecular flexibility index (Phi) is 3.10. The van der Waals surface area contributed by atoms with Crippen LogP contribution in [0.2, 0.25) is 0 Å². The zero-order valence-electron chi connectivity index (χ0n) is 6.63. The fourth-order valence-electron chi connectivity index (χ4n) is 0.761. The van der Waals surface area contributed by atoms with Gasteiger partial charge in [0.15, 0.2) is 6.39 Å². The molecule has 1 rings (SSSR count). The number of aryl methyl sites for hydroxylation is 1. The third kappa shape index (κ3) is 1.98. The predicted octanol–water partition coefficient (Wildman–Crippen LogP) is 0.952. The van der Waals surface area contributed by atoms with Crippen LogP contribution in [0.1, 0.15) is 16.2 Å². The second-order valence-corrected chi connectivity index (χ2v) is 2.59. The van der Waals surface area contributed by atoms with Gasteiger partial charge in [-0.05, 0) is 6.92 Å². The van der Waals surface area contributed by atoms with Crippen molar-refractivity contribution in [1.82, 2.24) is 10.3 Å². The third-order valence-electron chi connectivity index (χ3n) is 1.33. The first-order chi connectivity index (χ1) is 5.75. The van der Waals surface area contributed by atoms with Crippen molar-refractivity contribution < 1.29 is 9.21 Å². The average Bonchev–Trinajstić information content (AvgIpc) is 2.47. The van der Waals surface area contributed by atoms with E-state index in [4.69, 9.17) is 16.0 Å². The van der Waals surface area contributed by atoms with E-state index in [1.807, 2.05) is 0 Å². The molecule has 0 saturated heterocycles. The summed E-state index contributed by atoms with van der Waals surface area (Å²) in [6.07, 6.45) is 1.24. The summed E-state index contributed by atoms with van der Waals surface area (Å²) in [4.78, 5) is 15.0. The second-order valence-electron chi connectivity index (χ2n) is 2.21. The Morgan fingerprint density at radius 3 is 3.08 bits per heavy atom. The van der Waals surface area contributed by atoms with E-state index >= 15 is 0 Å². The molecule has 0 saturated carbocycles. The molecule has 0 bridgehead atoms. The fraction of sp³-hybridized carbons (Fsp3) is 0.429. The van der Waals surface area contributed by atoms with Crippen LogP contribution in [0, 0.1) is 6.92 Å². The quantitative estimate of drug-likeness (QED) is 0.719. The summed E-state index contributed by atoms with van der Waals surface area (Å²) in [6, 6.07) is 0. The van der Waals surface area contributed by atoms with Crippen molar-refractivity contribution in [3.63, 3.8) is 0 Å². The number of hydrogen-bond acceptors (Lipinski definition) is 3. The van der Waals surface area contributed by atoms with Crippen LogP contribution in [-0.2, 0) is 0 Å². The number of amides is 1. The molecule has 0 aliphatic heterocycles. The van der Waals surface area contributed by atoms with Crippen molar-refractivity contribution in [3.8, 4) is 0 Å². The molecule has 0 unspecified atom stereocenters. The van der Waals surface area contributed by atoms with Crippen molar-refractivity contribution in [2.75, 3.05) is 12.4 Å². The normalized spacial score (nSPS) is 9.83. The maximum atomic E-state index is 11.2. The summed E-state index contributed by atoms with van der Waals surface area (Å²) in [5.74, 6) is 0.365. The summed E-state index contributed by atoms with van der Waals surface area (Å²) in [7, 11) is 0. The van der Waals surface area contributed by atoms with Gasteiger partial charge in [0.1, 0.15) is 0 Å². The number of carbonyl (C=O) groups is 1. The molecule has 5 heteroatoms. The van der Waals surface area contributed by atoms with Gasteiger partial charge in [0.2, 0.25) is 5.76 Å². The highest BCUT2D eigenvalue weighted by Gasteiger charge is 2.12. The number of oxazole rings is 1. The minimum Gasteiger partial charge on any atom is -0.438 e. The number of carbonyl (C=O) groups excluding carboxylic acids is 1. The van der Waals surface area contributed by atoms with Crippen LogP contribution in [0.15, 0.2) is 10.8 Å². The molecule has 1 aromatic heterocycles. The molecule has 1 amide bonds. The molecular formula is C7H9ClN2O2. The summed E-state index contributed by atoms with van der Waals surface area (Å²) in [5, 5.41) is 2.57. The number of nitrogens with one attached hydrogen (secondary N) is 1. The van der Waals surface area contributed by atoms with Crippen LogP contribution >= 0.6 is 11.6 Å². The lowest BCUT2D eigenvalue weighted by Crippen LogP contribution is -2.25. The lowest BCUT2D eigenvalue weighted by molar-refractivity contribution is 0.0927. The Labute approximate surface area is 74.9 Å². The van der Waals surface area contributed by atoms with E-state index in [2.05, 4.69) is 10.3 Å². The second kappa shape index (κ2) is 4.11. The smallest absolute Gasteiger partial charge is 0.289 e. The molecule has 1 heterocycles. The Bertz CT molecular complexity index is 272. The number of hydrogen-bond donors (Lipinski definition) is 1. The summed E-state index contributed by atoms with van der Waals surface area (Å²) in [5.41, 5.74) is 0.585. The highest BCUT2D eigenvalue weighted by molar-refractivity contribution is 6.18. The number of alkyl halides is 1. The Balaban J connectivity index is 2.59. The largest absolute Gasteiger partial charge is 0.438 e. The van der Waals surface area contributed by atoms with E-state index in [1.54, 1.807) is 6.92 Å². The predicted molar refractivity (Wildman–Crippen MR) is 44.3 cm³/mol. The van der Waals surface area contributed by atoms with Crippen molar-refractivity contribution >= 4 is 17.5 Å². The van der Waals surface area contributed by atoms with Gasteiger partial charge >= 0.3 is 0 Å². The van der Waals surface area contributed by atoms with E-state index in [0.717, 1.165) is 0 Å². The molecule has 0 spiro atoms. The van der Waals surface area contributed by atoms with Gasteiger partial charge in [0.25, 0.3) is 5.91 Å². The SMILES string of the molecule is Cc1ncoc1C(=O)NCCCl. The van der Waals surface area contributed by atoms with E-state index < -0.39 is 0 Å². The van der Waals surface area contributed by atoms with Gasteiger partial charge in [-0.25, -0.2) is 4.98 Å². The van der Waals surface area contributed by atoms with Crippen LogP contribution < -0.4 is 5.32 Å². The van der Waals surface area contributed by atoms with Crippen molar-refractivity contribution in [1.29, 1.82) is 0 Å². The van der Waals surface area contributed by atoms with Gasteiger partial charge < -0.3 is 9.73 Å². The molecular weight excluding hydrogens is 180 g/mol. The monoisotopic (exact) mass is 188 g/mol. The maximum absolute atomic E-state index is 11.2. The molecule has 4 nitrogen and oxygen atoms in total. The van der Waals surface area contributed by atoms with Crippen LogP contribution in [0.25, 0.3) is 0 Å². The minimum atomic E-state index is -0.273. The first kappa shape index (κ1) is 9.06. The molecule has 0 aliphatic rings. The van der Waals surface area contributed by atoms with Crippen LogP contribution in [0.3, 0.4) is 0 Å². The molecule has 1 aromatic rings. The fourth-order valence-corrected chi connectivity index (χ4v) is 0.855. The van der Waals surface area contributed by atoms with Gasteiger partial charge in [-0.1, -0.05) is 0 Å². The summed E-state index contributed by atoms with van der Waals surface area (Å²) < 4.78 is 4.86. The minimum absolute atomic E-state index is 0.250. The van der Waals surface area contributed by atoms with E-state index in [9.17, 15) is 4.79 Å². The molecule has 0 aromatic carbocycles. The molecule has 0 fully saturated rings. The molecule has 0 aliphatic carbocycles. The number of nitrogens with zero attached hydrogens (tertiary/aromatic N) is 1. The topological polar surface area (TPSA) is 55.1 Å². The lowest BCUT2D eigenvalue weighted by Gasteiger charge is -1.98. The van der Waals surface area contributed by atoms with Gasteiger partial charge in [-0.15, -0.1) is 11.6 Å². The lowest BCUT2D eigenvalue weighted by atomic mass is 10.3. The molecule has 12 heavy (non-hydrogen) atoms. The first-order valence-corrected chi connectivity index (χ1v) is 4.03. The summed E-state index contributed by atoms with van der Waals surface area (Å²) in [6.45, 7) is 2.14. The van der Waals surface area contributed by atoms with Crippen molar-refractivity contribution in [2.24, 2.45) is 0 Å². The number of halogens is 1. The van der Waals surface area contributed by atoms with E-state index in [-0.39, 0.29) is 11.7 Å². The Morgan fingerprint density at radius 1 is 1.83 bits per heavy atom. The molecule has 1 N–H and O–H groups in total. The average molecular weight is 189 g/mol. The summed E-state index contributed by atoms with van der Waals surface area (Å²) >= 11 is 5.39. The van der Waals surface area contributed by atoms with Crippen molar-refractivity contribution in [3.05, 3.63) is 17.8 Å². The van der Waals surface area contributed by atoms with E-state index in [1.165, 1.54) is 6.39 Å². The zero-order chi connectivity index (χ0) is 8.97. The molecule has 0 radical (unpaired) electrons. The molecule has 0 atom stereocenters. The standard InChI is InChI=1S/C7H9ClN2O2/c1-5-6(12-4-10-5)7(11)9-3-2-8/h4H,2-3H2,1H3,(H,9,11). The first-order valence-electron chi connectivity index (χ1n) is 3.50. The highest BCUT2D eigenvalue weighted by atomic mass is 35.5. The van der Waals surface area contributed by atoms with Crippen LogP contribution in [-0.4, -0.2) is 23.3 Å². The third-order valence-corrected chi connectivity index (χ3v) is 1.52. The van der Waals surface area contributed by atoms with Gasteiger partial charge in [0.05, 0.1) is 5.69 Å². The van der Waals surface area contributed by atoms with Crippen LogP contribution in [0.4, 0.5) is 0 Å². The maximum Gasteiger partial charge on any atom is 0.289 e. The van der Waals surface area contributed by atoms with Crippen LogP contribution in [0.5, 0.6) is 0 Å². The zero-order valence-corrected chi connectivity index (χ0v) is 7.39. The Morgan fingerprint density at radius 2 is 2.58 bits per heavy atom.